The van der Waals surface area contributed by atoms with E-state index in [0.717, 1.165) is 18.2 Å². The maximum absolute atomic E-state index is 11.1. The zero-order valence-corrected chi connectivity index (χ0v) is 13.1. The number of aryl methyl sites for hydroxylation is 1. The minimum Gasteiger partial charge on any atom is -0.493 e. The van der Waals surface area contributed by atoms with Crippen molar-refractivity contribution < 1.29 is 17.9 Å². The molecule has 0 aliphatic rings. The van der Waals surface area contributed by atoms with E-state index >= 15 is 0 Å². The lowest BCUT2D eigenvalue weighted by atomic mass is 10.1. The normalized spacial score (nSPS) is 11.2. The van der Waals surface area contributed by atoms with Gasteiger partial charge >= 0.3 is 0 Å². The lowest BCUT2D eigenvalue weighted by Gasteiger charge is -2.11. The second-order valence-corrected chi connectivity index (χ2v) is 6.78. The molecule has 0 aliphatic heterocycles. The monoisotopic (exact) mass is 327 g/mol. The summed E-state index contributed by atoms with van der Waals surface area (Å²) >= 11 is 0. The largest absolute Gasteiger partial charge is 0.493 e. The Bertz CT molecular complexity index is 729. The Kier molecular flexibility index (Phi) is 4.69. The molecule has 0 aliphatic carbocycles. The number of ether oxygens (including phenoxy) is 2. The Labute approximate surface area is 127 Å². The molecule has 2 aromatic rings. The summed E-state index contributed by atoms with van der Waals surface area (Å²) in [7, 11) is 2.99. The van der Waals surface area contributed by atoms with Crippen LogP contribution in [0.15, 0.2) is 41.4 Å². The zero-order valence-electron chi connectivity index (χ0n) is 11.5. The van der Waals surface area contributed by atoms with E-state index in [4.69, 9.17) is 20.2 Å². The van der Waals surface area contributed by atoms with E-state index in [1.54, 1.807) is 13.2 Å². The third-order valence-corrected chi connectivity index (χ3v) is 4.18. The summed E-state index contributed by atoms with van der Waals surface area (Å²) in [5, 5.41) is 0. The molecule has 0 radical (unpaired) electrons. The van der Waals surface area contributed by atoms with Crippen LogP contribution in [0.1, 0.15) is 12.5 Å². The summed E-state index contributed by atoms with van der Waals surface area (Å²) in [6.07, 6.45) is 2.03. The van der Waals surface area contributed by atoms with Crippen molar-refractivity contribution in [2.75, 3.05) is 7.11 Å². The quantitative estimate of drug-likeness (QED) is 0.788. The highest BCUT2D eigenvalue weighted by atomic mass is 35.7. The molecule has 1 aromatic heterocycles. The standard InChI is InChI=1S/C14H14ClNO4S/c1-3-10-4-6-12(13(8-10)19-2)20-14-7-5-11(9-16-14)21(15,17)18/h4-9H,3H2,1-2H3. The Morgan fingerprint density at radius 2 is 1.95 bits per heavy atom. The van der Waals surface area contributed by atoms with Crippen molar-refractivity contribution in [1.29, 1.82) is 0 Å². The summed E-state index contributed by atoms with van der Waals surface area (Å²) in [4.78, 5) is 3.84. The summed E-state index contributed by atoms with van der Waals surface area (Å²) in [6, 6.07) is 8.36. The predicted molar refractivity (Wildman–Crippen MR) is 79.7 cm³/mol. The van der Waals surface area contributed by atoms with E-state index in [9.17, 15) is 8.42 Å². The first-order chi connectivity index (χ1) is 9.94. The average molecular weight is 328 g/mol. The van der Waals surface area contributed by atoms with Gasteiger partial charge in [-0.3, -0.25) is 0 Å². The van der Waals surface area contributed by atoms with E-state index in [1.807, 2.05) is 19.1 Å². The Morgan fingerprint density at radius 1 is 1.19 bits per heavy atom. The first-order valence-electron chi connectivity index (χ1n) is 6.19. The molecule has 0 amide bonds. The molecule has 21 heavy (non-hydrogen) atoms. The van der Waals surface area contributed by atoms with Crippen LogP contribution in [0.25, 0.3) is 0 Å². The summed E-state index contributed by atoms with van der Waals surface area (Å²) < 4.78 is 33.1. The molecular formula is C14H14ClNO4S. The van der Waals surface area contributed by atoms with E-state index < -0.39 is 9.05 Å². The highest BCUT2D eigenvalue weighted by Gasteiger charge is 2.12. The van der Waals surface area contributed by atoms with Crippen LogP contribution in [0.3, 0.4) is 0 Å². The molecule has 0 spiro atoms. The van der Waals surface area contributed by atoms with Crippen molar-refractivity contribution in [2.45, 2.75) is 18.2 Å². The van der Waals surface area contributed by atoms with Gasteiger partial charge in [0.2, 0.25) is 5.88 Å². The van der Waals surface area contributed by atoms with Crippen LogP contribution < -0.4 is 9.47 Å². The molecule has 0 saturated carbocycles. The number of nitrogens with zero attached hydrogens (tertiary/aromatic N) is 1. The molecule has 0 bridgehead atoms. The summed E-state index contributed by atoms with van der Waals surface area (Å²) in [5.74, 6) is 1.34. The topological polar surface area (TPSA) is 65.5 Å². The molecule has 7 heteroatoms. The van der Waals surface area contributed by atoms with Gasteiger partial charge in [0.15, 0.2) is 11.5 Å². The van der Waals surface area contributed by atoms with Gasteiger partial charge in [0.25, 0.3) is 9.05 Å². The molecule has 0 unspecified atom stereocenters. The molecule has 2 rings (SSSR count). The van der Waals surface area contributed by atoms with Crippen LogP contribution in [0, 0.1) is 0 Å². The van der Waals surface area contributed by atoms with Gasteiger partial charge in [-0.15, -0.1) is 0 Å². The van der Waals surface area contributed by atoms with Crippen molar-refractivity contribution >= 4 is 19.7 Å². The van der Waals surface area contributed by atoms with E-state index in [2.05, 4.69) is 4.98 Å². The van der Waals surface area contributed by atoms with E-state index in [-0.39, 0.29) is 10.8 Å². The molecule has 1 aromatic carbocycles. The second kappa shape index (κ2) is 6.32. The number of halogens is 1. The number of pyridine rings is 1. The molecule has 0 atom stereocenters. The minimum absolute atomic E-state index is 0.0789. The SMILES string of the molecule is CCc1ccc(Oc2ccc(S(=O)(=O)Cl)cn2)c(OC)c1. The van der Waals surface area contributed by atoms with Crippen molar-refractivity contribution in [3.8, 4) is 17.4 Å². The smallest absolute Gasteiger partial charge is 0.262 e. The third kappa shape index (κ3) is 3.86. The third-order valence-electron chi connectivity index (χ3n) is 2.84. The van der Waals surface area contributed by atoms with Crippen LogP contribution in [-0.4, -0.2) is 20.5 Å². The average Bonchev–Trinajstić information content (AvgIpc) is 2.47. The van der Waals surface area contributed by atoms with Crippen LogP contribution in [0.4, 0.5) is 0 Å². The molecular weight excluding hydrogens is 314 g/mol. The van der Waals surface area contributed by atoms with Crippen LogP contribution in [0.5, 0.6) is 17.4 Å². The lowest BCUT2D eigenvalue weighted by Crippen LogP contribution is -1.95. The second-order valence-electron chi connectivity index (χ2n) is 4.21. The highest BCUT2D eigenvalue weighted by Crippen LogP contribution is 2.32. The van der Waals surface area contributed by atoms with Crippen LogP contribution in [0.2, 0.25) is 0 Å². The Balaban J connectivity index is 2.26. The lowest BCUT2D eigenvalue weighted by molar-refractivity contribution is 0.373. The van der Waals surface area contributed by atoms with Gasteiger partial charge in [-0.2, -0.15) is 0 Å². The maximum atomic E-state index is 11.1. The molecule has 1 heterocycles. The van der Waals surface area contributed by atoms with E-state index in [1.165, 1.54) is 12.1 Å². The van der Waals surface area contributed by atoms with Gasteiger partial charge < -0.3 is 9.47 Å². The molecule has 0 N–H and O–H groups in total. The number of hydrogen-bond donors (Lipinski definition) is 0. The number of benzene rings is 1. The highest BCUT2D eigenvalue weighted by molar-refractivity contribution is 8.13. The number of methoxy groups -OCH3 is 1. The number of aromatic nitrogens is 1. The van der Waals surface area contributed by atoms with Gasteiger partial charge in [0, 0.05) is 16.7 Å². The number of rotatable bonds is 5. The Hall–Kier alpha value is -1.79. The van der Waals surface area contributed by atoms with Gasteiger partial charge in [-0.25, -0.2) is 13.4 Å². The molecule has 0 saturated heterocycles. The first kappa shape index (κ1) is 15.6. The van der Waals surface area contributed by atoms with Gasteiger partial charge in [0.05, 0.1) is 13.3 Å². The molecule has 112 valence electrons. The van der Waals surface area contributed by atoms with Gasteiger partial charge in [-0.1, -0.05) is 13.0 Å². The zero-order chi connectivity index (χ0) is 15.5. The Morgan fingerprint density at radius 3 is 2.48 bits per heavy atom. The fourth-order valence-corrected chi connectivity index (χ4v) is 2.38. The van der Waals surface area contributed by atoms with Crippen molar-refractivity contribution in [3.63, 3.8) is 0 Å². The van der Waals surface area contributed by atoms with Crippen molar-refractivity contribution in [2.24, 2.45) is 0 Å². The van der Waals surface area contributed by atoms with Gasteiger partial charge in [-0.05, 0) is 30.2 Å². The molecule has 0 fully saturated rings. The van der Waals surface area contributed by atoms with Gasteiger partial charge in [0.1, 0.15) is 4.90 Å². The summed E-state index contributed by atoms with van der Waals surface area (Å²) in [5.41, 5.74) is 1.12. The van der Waals surface area contributed by atoms with E-state index in [0.29, 0.717) is 11.5 Å². The van der Waals surface area contributed by atoms with Crippen molar-refractivity contribution in [1.82, 2.24) is 4.98 Å². The van der Waals surface area contributed by atoms with Crippen LogP contribution >= 0.6 is 10.7 Å². The van der Waals surface area contributed by atoms with Crippen LogP contribution in [-0.2, 0) is 15.5 Å². The minimum atomic E-state index is -3.78. The predicted octanol–water partition coefficient (Wildman–Crippen LogP) is 3.37. The summed E-state index contributed by atoms with van der Waals surface area (Å²) in [6.45, 7) is 2.04. The molecule has 5 nitrogen and oxygen atoms in total. The fraction of sp³-hybridized carbons (Fsp3) is 0.214. The number of hydrogen-bond acceptors (Lipinski definition) is 5. The maximum Gasteiger partial charge on any atom is 0.262 e. The first-order valence-corrected chi connectivity index (χ1v) is 8.50. The fourth-order valence-electron chi connectivity index (χ4n) is 1.70. The van der Waals surface area contributed by atoms with Crippen molar-refractivity contribution in [3.05, 3.63) is 42.1 Å².